The molecule has 5 nitrogen and oxygen atoms in total. The number of hydrogen-bond donors (Lipinski definition) is 1. The first-order chi connectivity index (χ1) is 15.6. The van der Waals surface area contributed by atoms with Crippen molar-refractivity contribution < 1.29 is 35.1 Å². The van der Waals surface area contributed by atoms with Crippen molar-refractivity contribution in [3.05, 3.63) is 51.4 Å². The van der Waals surface area contributed by atoms with E-state index < -0.39 is 52.7 Å². The molecule has 2 aromatic heterocycles. The molecular formula is C20H16ClF8N5. The third kappa shape index (κ3) is 5.08. The smallest absolute Gasteiger partial charge is 0.366 e. The van der Waals surface area contributed by atoms with Gasteiger partial charge >= 0.3 is 12.4 Å². The van der Waals surface area contributed by atoms with Crippen LogP contribution >= 0.6 is 11.6 Å². The highest BCUT2D eigenvalue weighted by Gasteiger charge is 2.43. The number of benzene rings is 1. The highest BCUT2D eigenvalue weighted by Crippen LogP contribution is 2.41. The van der Waals surface area contributed by atoms with Crippen LogP contribution in [0.3, 0.4) is 0 Å². The minimum absolute atomic E-state index is 0.0345. The van der Waals surface area contributed by atoms with Crippen LogP contribution in [0.15, 0.2) is 23.8 Å². The van der Waals surface area contributed by atoms with E-state index in [4.69, 9.17) is 11.6 Å². The van der Waals surface area contributed by atoms with Gasteiger partial charge in [0.25, 0.3) is 6.43 Å². The molecule has 0 saturated carbocycles. The Hall–Kier alpha value is -2.96. The number of halogens is 9. The maximum Gasteiger partial charge on any atom is 0.451 e. The van der Waals surface area contributed by atoms with Gasteiger partial charge in [0.2, 0.25) is 5.82 Å². The molecule has 0 aliphatic rings. The van der Waals surface area contributed by atoms with Crippen LogP contribution in [0.5, 0.6) is 0 Å². The number of aryl methyl sites for hydroxylation is 1. The molecule has 1 N–H and O–H groups in total. The van der Waals surface area contributed by atoms with E-state index in [1.54, 1.807) is 19.9 Å². The van der Waals surface area contributed by atoms with Gasteiger partial charge in [0.1, 0.15) is 5.82 Å². The number of allylic oxidation sites excluding steroid dienone is 1. The number of alkyl halides is 8. The van der Waals surface area contributed by atoms with Crippen LogP contribution in [-0.4, -0.2) is 26.3 Å². The quantitative estimate of drug-likeness (QED) is 0.291. The van der Waals surface area contributed by atoms with Crippen molar-refractivity contribution in [3.8, 4) is 5.69 Å². The minimum Gasteiger partial charge on any atom is -0.366 e. The van der Waals surface area contributed by atoms with Gasteiger partial charge in [-0.25, -0.2) is 23.4 Å². The number of nitrogens with one attached hydrogen (secondary N) is 1. The molecule has 14 heteroatoms. The average Bonchev–Trinajstić information content (AvgIpc) is 3.03. The minimum atomic E-state index is -5.29. The largest absolute Gasteiger partial charge is 0.451 e. The summed E-state index contributed by atoms with van der Waals surface area (Å²) in [7, 11) is 0. The summed E-state index contributed by atoms with van der Waals surface area (Å²) >= 11 is 6.16. The summed E-state index contributed by atoms with van der Waals surface area (Å²) in [6.45, 7) is 4.77. The molecule has 184 valence electrons. The van der Waals surface area contributed by atoms with Gasteiger partial charge in [0, 0.05) is 12.1 Å². The molecule has 0 atom stereocenters. The molecule has 0 aliphatic heterocycles. The Morgan fingerprint density at radius 2 is 1.74 bits per heavy atom. The summed E-state index contributed by atoms with van der Waals surface area (Å²) in [5.74, 6) is -2.42. The molecule has 1 aromatic carbocycles. The van der Waals surface area contributed by atoms with Crippen molar-refractivity contribution in [2.75, 3.05) is 11.9 Å². The lowest BCUT2D eigenvalue weighted by atomic mass is 10.1. The van der Waals surface area contributed by atoms with Crippen molar-refractivity contribution in [1.29, 1.82) is 0 Å². The molecule has 0 amide bonds. The molecule has 0 radical (unpaired) electrons. The van der Waals surface area contributed by atoms with Crippen molar-refractivity contribution in [1.82, 2.24) is 19.7 Å². The normalized spacial score (nSPS) is 12.5. The van der Waals surface area contributed by atoms with Gasteiger partial charge in [-0.1, -0.05) is 23.3 Å². The number of fused-ring (bicyclic) bond motifs is 1. The zero-order valence-corrected chi connectivity index (χ0v) is 18.5. The van der Waals surface area contributed by atoms with Crippen LogP contribution in [0.2, 0.25) is 5.02 Å². The van der Waals surface area contributed by atoms with Crippen LogP contribution in [0, 0.1) is 6.92 Å². The fraction of sp³-hybridized carbons (Fsp3) is 0.350. The molecule has 2 heterocycles. The van der Waals surface area contributed by atoms with Crippen LogP contribution in [0.1, 0.15) is 42.9 Å². The second-order valence-corrected chi connectivity index (χ2v) is 7.89. The lowest BCUT2D eigenvalue weighted by molar-refractivity contribution is -0.151. The van der Waals surface area contributed by atoms with Crippen LogP contribution < -0.4 is 5.32 Å². The van der Waals surface area contributed by atoms with E-state index in [0.29, 0.717) is 0 Å². The first-order valence-electron chi connectivity index (χ1n) is 9.52. The fourth-order valence-corrected chi connectivity index (χ4v) is 3.51. The second-order valence-electron chi connectivity index (χ2n) is 7.48. The maximum absolute atomic E-state index is 13.8. The SMILES string of the molecule is CC(C)=CCNc1c2c(C(F)(F)F)nc(C(F)(F)F)nc2nn1-c1c(C)cc(C(F)F)cc1Cl. The Kier molecular flexibility index (Phi) is 6.80. The van der Waals surface area contributed by atoms with Crippen LogP contribution in [-0.2, 0) is 12.4 Å². The molecule has 0 spiro atoms. The van der Waals surface area contributed by atoms with Gasteiger partial charge in [-0.2, -0.15) is 26.3 Å². The van der Waals surface area contributed by atoms with Crippen LogP contribution in [0.4, 0.5) is 40.9 Å². The van der Waals surface area contributed by atoms with Crippen LogP contribution in [0.25, 0.3) is 16.7 Å². The third-order valence-corrected chi connectivity index (χ3v) is 4.86. The van der Waals surface area contributed by atoms with E-state index in [2.05, 4.69) is 20.4 Å². The van der Waals surface area contributed by atoms with Gasteiger partial charge in [0.05, 0.1) is 16.1 Å². The third-order valence-electron chi connectivity index (χ3n) is 4.58. The summed E-state index contributed by atoms with van der Waals surface area (Å²) in [6, 6.07) is 1.95. The van der Waals surface area contributed by atoms with E-state index in [0.717, 1.165) is 22.4 Å². The predicted molar refractivity (Wildman–Crippen MR) is 109 cm³/mol. The molecule has 34 heavy (non-hydrogen) atoms. The van der Waals surface area contributed by atoms with Crippen molar-refractivity contribution >= 4 is 28.5 Å². The fourth-order valence-electron chi connectivity index (χ4n) is 3.16. The molecule has 0 aliphatic carbocycles. The van der Waals surface area contributed by atoms with Gasteiger partial charge in [-0.3, -0.25) is 0 Å². The predicted octanol–water partition coefficient (Wildman–Crippen LogP) is 7.13. The number of hydrogen-bond acceptors (Lipinski definition) is 4. The molecule has 0 saturated heterocycles. The Morgan fingerprint density at radius 3 is 2.24 bits per heavy atom. The summed E-state index contributed by atoms with van der Waals surface area (Å²) in [5, 5.41) is 5.40. The van der Waals surface area contributed by atoms with Crippen molar-refractivity contribution in [2.24, 2.45) is 0 Å². The van der Waals surface area contributed by atoms with Crippen molar-refractivity contribution in [2.45, 2.75) is 39.5 Å². The lowest BCUT2D eigenvalue weighted by Gasteiger charge is -2.15. The Morgan fingerprint density at radius 1 is 1.09 bits per heavy atom. The molecule has 3 rings (SSSR count). The number of aromatic nitrogens is 4. The van der Waals surface area contributed by atoms with Gasteiger partial charge in [0.15, 0.2) is 11.3 Å². The standard InChI is InChI=1S/C20H16ClF8N5/c1-8(2)4-5-30-17-12-14(19(24,25)26)31-18(20(27,28)29)32-16(12)33-34(17)13-9(3)6-10(15(22)23)7-11(13)21/h4,6-7,15,30H,5H2,1-3H3. The summed E-state index contributed by atoms with van der Waals surface area (Å²) in [5.41, 5.74) is -2.41. The topological polar surface area (TPSA) is 55.6 Å². The Labute approximate surface area is 192 Å². The summed E-state index contributed by atoms with van der Waals surface area (Å²) < 4.78 is 108. The number of nitrogens with zero attached hydrogens (tertiary/aromatic N) is 4. The molecular weight excluding hydrogens is 498 g/mol. The highest BCUT2D eigenvalue weighted by atomic mass is 35.5. The first kappa shape index (κ1) is 25.7. The zero-order valence-electron chi connectivity index (χ0n) is 17.7. The van der Waals surface area contributed by atoms with E-state index in [1.165, 1.54) is 6.92 Å². The van der Waals surface area contributed by atoms with Gasteiger partial charge in [-0.15, -0.1) is 5.10 Å². The zero-order chi connectivity index (χ0) is 25.6. The van der Waals surface area contributed by atoms with Crippen molar-refractivity contribution in [3.63, 3.8) is 0 Å². The van der Waals surface area contributed by atoms with Gasteiger partial charge < -0.3 is 5.32 Å². The van der Waals surface area contributed by atoms with E-state index in [-0.39, 0.29) is 22.8 Å². The van der Waals surface area contributed by atoms with Gasteiger partial charge in [-0.05, 0) is 38.5 Å². The molecule has 0 unspecified atom stereocenters. The van der Waals surface area contributed by atoms with E-state index >= 15 is 0 Å². The lowest BCUT2D eigenvalue weighted by Crippen LogP contribution is -2.18. The monoisotopic (exact) mass is 513 g/mol. The molecule has 0 bridgehead atoms. The number of rotatable bonds is 5. The average molecular weight is 514 g/mol. The summed E-state index contributed by atoms with van der Waals surface area (Å²) in [4.78, 5) is 5.92. The Bertz CT molecular complexity index is 1230. The molecule has 0 fully saturated rings. The number of anilines is 1. The second kappa shape index (κ2) is 9.01. The van der Waals surface area contributed by atoms with E-state index in [1.807, 2.05) is 0 Å². The van der Waals surface area contributed by atoms with E-state index in [9.17, 15) is 35.1 Å². The highest BCUT2D eigenvalue weighted by molar-refractivity contribution is 6.32. The molecule has 3 aromatic rings. The first-order valence-corrected chi connectivity index (χ1v) is 9.90. The summed E-state index contributed by atoms with van der Waals surface area (Å²) in [6.07, 6.45) is -11.8. The maximum atomic E-state index is 13.8. The Balaban J connectivity index is 2.42.